The van der Waals surface area contributed by atoms with Gasteiger partial charge in [0.2, 0.25) is 0 Å². The van der Waals surface area contributed by atoms with E-state index in [4.69, 9.17) is 36.2 Å². The van der Waals surface area contributed by atoms with E-state index >= 15 is 0 Å². The number of aliphatic hydroxyl groups excluding tert-OH is 2. The summed E-state index contributed by atoms with van der Waals surface area (Å²) >= 11 is 12.2. The first-order valence-corrected chi connectivity index (χ1v) is 22.9. The van der Waals surface area contributed by atoms with E-state index in [0.717, 1.165) is 18.5 Å². The van der Waals surface area contributed by atoms with Crippen molar-refractivity contribution in [3.05, 3.63) is 35.6 Å². The van der Waals surface area contributed by atoms with Crippen molar-refractivity contribution < 1.29 is 23.2 Å². The topological polar surface area (TPSA) is 155 Å². The van der Waals surface area contributed by atoms with Gasteiger partial charge in [-0.2, -0.15) is 0 Å². The van der Waals surface area contributed by atoms with Gasteiger partial charge >= 0.3 is 17.1 Å². The zero-order valence-electron chi connectivity index (χ0n) is 30.8. The maximum atomic E-state index is 9.83. The summed E-state index contributed by atoms with van der Waals surface area (Å²) in [5.41, 5.74) is 4.07. The Balaban J connectivity index is 0.000000208. The molecule has 1 aliphatic heterocycles. The Morgan fingerprint density at radius 1 is 0.725 bits per heavy atom. The Hall–Kier alpha value is -2.09. The number of aromatic nitrogens is 8. The van der Waals surface area contributed by atoms with Crippen LogP contribution in [0.4, 0.5) is 0 Å². The molecular weight excluding hydrogens is 728 g/mol. The van der Waals surface area contributed by atoms with E-state index in [1.165, 1.54) is 12.7 Å². The van der Waals surface area contributed by atoms with Gasteiger partial charge in [-0.15, -0.1) is 0 Å². The monoisotopic (exact) mass is 778 g/mol. The van der Waals surface area contributed by atoms with E-state index in [2.05, 4.69) is 89.9 Å². The first-order valence-electron chi connectivity index (χ1n) is 18.2. The highest BCUT2D eigenvalue weighted by atomic mass is 35.5. The van der Waals surface area contributed by atoms with Crippen molar-refractivity contribution in [2.45, 2.75) is 128 Å². The average Bonchev–Trinajstić information content (AvgIpc) is 3.86. The summed E-state index contributed by atoms with van der Waals surface area (Å²) in [4.78, 5) is 25.3. The first kappa shape index (κ1) is 38.6. The highest BCUT2D eigenvalue weighted by Crippen LogP contribution is 2.50. The summed E-state index contributed by atoms with van der Waals surface area (Å²) in [6.45, 7) is 18.9. The lowest BCUT2D eigenvalue weighted by atomic mass is 10.1. The average molecular weight is 780 g/mol. The molecule has 2 saturated carbocycles. The van der Waals surface area contributed by atoms with Crippen molar-refractivity contribution in [2.24, 2.45) is 11.8 Å². The zero-order valence-corrected chi connectivity index (χ0v) is 34.3. The SMILES string of the molecule is CC(C)[Si]1(C(C)C)OC[C@H]2C[C@@H](n3cnc4c(Cl)ncnc43)C[C@@H]2O[Si](C(C)C)(C(C)C)O1.OC[C@H]1C[C@@H](n2cnc3c(Cl)ncnc32)C[C@@H]1O. The minimum absolute atomic E-state index is 0.0000364. The molecule has 7 rings (SSSR count). The molecule has 0 amide bonds. The summed E-state index contributed by atoms with van der Waals surface area (Å²) in [5, 5.41) is 19.7. The lowest BCUT2D eigenvalue weighted by Gasteiger charge is -2.51. The molecule has 51 heavy (non-hydrogen) atoms. The highest BCUT2D eigenvalue weighted by Gasteiger charge is 2.59. The van der Waals surface area contributed by atoms with Gasteiger partial charge in [0.1, 0.15) is 23.7 Å². The summed E-state index contributed by atoms with van der Waals surface area (Å²) < 4.78 is 25.5. The summed E-state index contributed by atoms with van der Waals surface area (Å²) in [6, 6.07) is 0.325. The van der Waals surface area contributed by atoms with Gasteiger partial charge in [0.05, 0.1) is 24.9 Å². The smallest absolute Gasteiger partial charge is 0.334 e. The Morgan fingerprint density at radius 2 is 1.24 bits per heavy atom. The number of halogens is 2. The van der Waals surface area contributed by atoms with Gasteiger partial charge in [0.25, 0.3) is 0 Å². The van der Waals surface area contributed by atoms with Crippen LogP contribution in [0.15, 0.2) is 25.3 Å². The van der Waals surface area contributed by atoms with Crippen molar-refractivity contribution >= 4 is 62.7 Å². The molecule has 3 aliphatic rings. The zero-order chi connectivity index (χ0) is 36.8. The number of hydrogen-bond donors (Lipinski definition) is 2. The molecule has 0 radical (unpaired) electrons. The third-order valence-corrected chi connectivity index (χ3v) is 22.1. The molecule has 2 N–H and O–H groups in total. The fourth-order valence-corrected chi connectivity index (χ4v) is 20.1. The maximum Gasteiger partial charge on any atom is 0.334 e. The van der Waals surface area contributed by atoms with Gasteiger partial charge < -0.3 is 32.3 Å². The van der Waals surface area contributed by atoms with Crippen LogP contribution in [0, 0.1) is 11.8 Å². The minimum Gasteiger partial charge on any atom is -0.414 e. The molecule has 0 bridgehead atoms. The normalized spacial score (nSPS) is 27.7. The molecular formula is C34H52Cl2N8O5Si2. The quantitative estimate of drug-likeness (QED) is 0.145. The Kier molecular flexibility index (Phi) is 11.6. The van der Waals surface area contributed by atoms with Crippen LogP contribution in [0.25, 0.3) is 22.3 Å². The van der Waals surface area contributed by atoms with Crippen molar-refractivity contribution in [3.63, 3.8) is 0 Å². The van der Waals surface area contributed by atoms with E-state index < -0.39 is 23.2 Å². The van der Waals surface area contributed by atoms with Crippen molar-refractivity contribution in [1.29, 1.82) is 0 Å². The summed E-state index contributed by atoms with van der Waals surface area (Å²) in [7, 11) is -5.08. The number of imidazole rings is 2. The third-order valence-electron chi connectivity index (χ3n) is 11.3. The fraction of sp³-hybridized carbons (Fsp3) is 0.706. The largest absolute Gasteiger partial charge is 0.414 e. The van der Waals surface area contributed by atoms with E-state index in [9.17, 15) is 10.2 Å². The van der Waals surface area contributed by atoms with Crippen LogP contribution in [0.5, 0.6) is 0 Å². The maximum absolute atomic E-state index is 9.83. The van der Waals surface area contributed by atoms with E-state index in [-0.39, 0.29) is 30.7 Å². The lowest BCUT2D eigenvalue weighted by Crippen LogP contribution is -2.64. The predicted molar refractivity (Wildman–Crippen MR) is 201 cm³/mol. The number of rotatable bonds is 7. The van der Waals surface area contributed by atoms with Crippen LogP contribution >= 0.6 is 23.2 Å². The van der Waals surface area contributed by atoms with Gasteiger partial charge in [-0.3, -0.25) is 0 Å². The molecule has 13 nitrogen and oxygen atoms in total. The van der Waals surface area contributed by atoms with Crippen molar-refractivity contribution in [3.8, 4) is 0 Å². The number of nitrogens with zero attached hydrogens (tertiary/aromatic N) is 8. The summed E-state index contributed by atoms with van der Waals surface area (Å²) in [5.74, 6) is 0.243. The molecule has 4 aromatic heterocycles. The van der Waals surface area contributed by atoms with Crippen LogP contribution in [0.3, 0.4) is 0 Å². The standard InChI is InChI=1S/C23H39ClN4O3Si2.C11H13ClN4O2/c1-14(2)32(15(3)4)29-11-18-9-19(28-13-27-21-22(24)25-12-26-23(21)28)10-20(18)30-33(31-32,16(5)6)17(7)8;12-10-9-11(14-4-13-10)16(5-15-9)7-1-6(3-17)8(18)2-7/h12-20H,9-11H2,1-8H3;4-8,17-18H,1-3H2/t18-,19-,20+;6-,7-,8+/m11/s1. The van der Waals surface area contributed by atoms with E-state index in [1.54, 1.807) is 6.33 Å². The van der Waals surface area contributed by atoms with Crippen LogP contribution in [0.1, 0.15) is 93.2 Å². The first-order chi connectivity index (χ1) is 24.2. The molecule has 0 unspecified atom stereocenters. The Bertz CT molecular complexity index is 1790. The van der Waals surface area contributed by atoms with Crippen LogP contribution in [0.2, 0.25) is 32.5 Å². The van der Waals surface area contributed by atoms with Gasteiger partial charge in [-0.25, -0.2) is 29.9 Å². The predicted octanol–water partition coefficient (Wildman–Crippen LogP) is 7.17. The molecule has 0 aromatic carbocycles. The Labute approximate surface area is 312 Å². The highest BCUT2D eigenvalue weighted by molar-refractivity contribution is 6.84. The molecule has 5 heterocycles. The molecule has 280 valence electrons. The van der Waals surface area contributed by atoms with Gasteiger partial charge in [-0.05, 0) is 47.8 Å². The van der Waals surface area contributed by atoms with Crippen LogP contribution < -0.4 is 0 Å². The van der Waals surface area contributed by atoms with Crippen LogP contribution in [-0.4, -0.2) is 91.8 Å². The lowest BCUT2D eigenvalue weighted by molar-refractivity contribution is 0.0367. The fourth-order valence-electron chi connectivity index (χ4n) is 8.47. The second-order valence-electron chi connectivity index (χ2n) is 15.6. The minimum atomic E-state index is -2.58. The molecule has 6 atom stereocenters. The third kappa shape index (κ3) is 7.14. The molecule has 1 saturated heterocycles. The summed E-state index contributed by atoms with van der Waals surface area (Å²) in [6.07, 6.45) is 9.24. The second-order valence-corrected chi connectivity index (χ2v) is 25.2. The molecule has 4 aromatic rings. The van der Waals surface area contributed by atoms with E-state index in [1.807, 2.05) is 10.9 Å². The number of hydrogen-bond acceptors (Lipinski definition) is 11. The van der Waals surface area contributed by atoms with Crippen LogP contribution in [-0.2, 0) is 13.0 Å². The van der Waals surface area contributed by atoms with Gasteiger partial charge in [0, 0.05) is 37.1 Å². The molecule has 0 spiro atoms. The Morgan fingerprint density at radius 3 is 1.71 bits per heavy atom. The molecule has 3 fully saturated rings. The number of aliphatic hydroxyl groups is 2. The molecule has 2 aliphatic carbocycles. The van der Waals surface area contributed by atoms with Crippen molar-refractivity contribution in [2.75, 3.05) is 13.2 Å². The van der Waals surface area contributed by atoms with Crippen molar-refractivity contribution in [1.82, 2.24) is 39.0 Å². The second kappa shape index (κ2) is 15.3. The van der Waals surface area contributed by atoms with Gasteiger partial charge in [-0.1, -0.05) is 78.6 Å². The van der Waals surface area contributed by atoms with Gasteiger partial charge in [0.15, 0.2) is 21.6 Å². The van der Waals surface area contributed by atoms with E-state index in [0.29, 0.717) is 74.5 Å². The molecule has 17 heteroatoms. The number of fused-ring (bicyclic) bond motifs is 3.